The van der Waals surface area contributed by atoms with Gasteiger partial charge in [0.05, 0.1) is 20.6 Å². The predicted octanol–water partition coefficient (Wildman–Crippen LogP) is 5.56. The molecule has 3 rings (SSSR count). The van der Waals surface area contributed by atoms with Gasteiger partial charge in [-0.05, 0) is 35.7 Å². The van der Waals surface area contributed by atoms with Crippen molar-refractivity contribution >= 4 is 5.97 Å². The number of carbonyl (C=O) groups excluding carboxylic acids is 1. The second kappa shape index (κ2) is 10.6. The molecule has 2 unspecified atom stereocenters. The van der Waals surface area contributed by atoms with Crippen molar-refractivity contribution in [3.8, 4) is 5.75 Å². The number of methoxy groups -OCH3 is 2. The SMILES string of the molecule is COC(=O)CC(c1ccc(OC)cc1)N(Cc1ccccc1)C(C)c1ccccc1. The third-order valence-electron chi connectivity index (χ3n) is 5.48. The molecule has 0 aromatic heterocycles. The van der Waals surface area contributed by atoms with E-state index in [9.17, 15) is 4.79 Å². The summed E-state index contributed by atoms with van der Waals surface area (Å²) in [6, 6.07) is 28.6. The number of benzene rings is 3. The Balaban J connectivity index is 2.02. The van der Waals surface area contributed by atoms with Crippen molar-refractivity contribution in [3.63, 3.8) is 0 Å². The largest absolute Gasteiger partial charge is 0.497 e. The van der Waals surface area contributed by atoms with Crippen LogP contribution in [0.15, 0.2) is 84.9 Å². The average molecular weight is 404 g/mol. The molecule has 0 bridgehead atoms. The lowest BCUT2D eigenvalue weighted by Gasteiger charge is -2.37. The molecule has 0 N–H and O–H groups in total. The Hall–Kier alpha value is -3.11. The normalized spacial score (nSPS) is 12.9. The third kappa shape index (κ3) is 5.49. The van der Waals surface area contributed by atoms with Crippen LogP contribution in [0.25, 0.3) is 0 Å². The lowest BCUT2D eigenvalue weighted by atomic mass is 9.96. The Bertz CT molecular complexity index is 910. The van der Waals surface area contributed by atoms with E-state index in [4.69, 9.17) is 9.47 Å². The van der Waals surface area contributed by atoms with Gasteiger partial charge in [0, 0.05) is 18.6 Å². The van der Waals surface area contributed by atoms with Crippen molar-refractivity contribution in [2.75, 3.05) is 14.2 Å². The van der Waals surface area contributed by atoms with Gasteiger partial charge in [-0.3, -0.25) is 9.69 Å². The van der Waals surface area contributed by atoms with Gasteiger partial charge in [0.2, 0.25) is 0 Å². The summed E-state index contributed by atoms with van der Waals surface area (Å²) in [7, 11) is 3.09. The van der Waals surface area contributed by atoms with Crippen molar-refractivity contribution in [3.05, 3.63) is 102 Å². The Morgan fingerprint density at radius 1 is 0.833 bits per heavy atom. The van der Waals surface area contributed by atoms with Gasteiger partial charge in [0.1, 0.15) is 5.75 Å². The van der Waals surface area contributed by atoms with Crippen LogP contribution in [0.5, 0.6) is 5.75 Å². The van der Waals surface area contributed by atoms with Gasteiger partial charge < -0.3 is 9.47 Å². The van der Waals surface area contributed by atoms with Crippen LogP contribution in [0, 0.1) is 0 Å². The lowest BCUT2D eigenvalue weighted by Crippen LogP contribution is -2.33. The van der Waals surface area contributed by atoms with Gasteiger partial charge in [-0.25, -0.2) is 0 Å². The van der Waals surface area contributed by atoms with E-state index in [2.05, 4.69) is 48.2 Å². The number of hydrogen-bond donors (Lipinski definition) is 0. The van der Waals surface area contributed by atoms with Crippen LogP contribution >= 0.6 is 0 Å². The topological polar surface area (TPSA) is 38.8 Å². The van der Waals surface area contributed by atoms with E-state index in [1.54, 1.807) is 7.11 Å². The van der Waals surface area contributed by atoms with E-state index in [1.807, 2.05) is 48.5 Å². The molecule has 3 aromatic carbocycles. The highest BCUT2D eigenvalue weighted by molar-refractivity contribution is 5.70. The van der Waals surface area contributed by atoms with E-state index in [0.29, 0.717) is 6.54 Å². The van der Waals surface area contributed by atoms with Gasteiger partial charge in [-0.1, -0.05) is 72.8 Å². The number of ether oxygens (including phenoxy) is 2. The second-order valence-electron chi connectivity index (χ2n) is 7.31. The minimum absolute atomic E-state index is 0.100. The second-order valence-corrected chi connectivity index (χ2v) is 7.31. The lowest BCUT2D eigenvalue weighted by molar-refractivity contribution is -0.142. The Morgan fingerprint density at radius 3 is 2.00 bits per heavy atom. The quantitative estimate of drug-likeness (QED) is 0.438. The molecule has 0 radical (unpaired) electrons. The molecule has 0 heterocycles. The minimum Gasteiger partial charge on any atom is -0.497 e. The first-order valence-electron chi connectivity index (χ1n) is 10.2. The van der Waals surface area contributed by atoms with E-state index in [0.717, 1.165) is 11.3 Å². The molecule has 0 aliphatic rings. The molecule has 0 fully saturated rings. The van der Waals surface area contributed by atoms with E-state index < -0.39 is 0 Å². The van der Waals surface area contributed by atoms with Crippen molar-refractivity contribution in [2.24, 2.45) is 0 Å². The third-order valence-corrected chi connectivity index (χ3v) is 5.48. The van der Waals surface area contributed by atoms with Crippen LogP contribution in [-0.2, 0) is 16.1 Å². The number of hydrogen-bond acceptors (Lipinski definition) is 4. The van der Waals surface area contributed by atoms with E-state index in [1.165, 1.54) is 18.2 Å². The monoisotopic (exact) mass is 403 g/mol. The van der Waals surface area contributed by atoms with Crippen molar-refractivity contribution in [1.29, 1.82) is 0 Å². The maximum atomic E-state index is 12.4. The Kier molecular flexibility index (Phi) is 7.63. The fourth-order valence-corrected chi connectivity index (χ4v) is 3.73. The fourth-order valence-electron chi connectivity index (χ4n) is 3.73. The summed E-state index contributed by atoms with van der Waals surface area (Å²) in [5.41, 5.74) is 3.46. The molecule has 0 saturated carbocycles. The van der Waals surface area contributed by atoms with Gasteiger partial charge >= 0.3 is 5.97 Å². The summed E-state index contributed by atoms with van der Waals surface area (Å²) in [6.07, 6.45) is 0.271. The summed E-state index contributed by atoms with van der Waals surface area (Å²) in [5, 5.41) is 0. The molecular weight excluding hydrogens is 374 g/mol. The molecule has 0 aliphatic carbocycles. The van der Waals surface area contributed by atoms with Crippen LogP contribution in [0.2, 0.25) is 0 Å². The summed E-state index contributed by atoms with van der Waals surface area (Å²) in [4.78, 5) is 14.7. The van der Waals surface area contributed by atoms with E-state index >= 15 is 0 Å². The first kappa shape index (κ1) is 21.6. The molecule has 2 atom stereocenters. The number of esters is 1. The molecule has 0 amide bonds. The van der Waals surface area contributed by atoms with E-state index in [-0.39, 0.29) is 24.5 Å². The smallest absolute Gasteiger partial charge is 0.307 e. The summed E-state index contributed by atoms with van der Waals surface area (Å²) < 4.78 is 10.4. The molecule has 4 nitrogen and oxygen atoms in total. The molecule has 0 aliphatic heterocycles. The number of nitrogens with zero attached hydrogens (tertiary/aromatic N) is 1. The first-order valence-corrected chi connectivity index (χ1v) is 10.2. The van der Waals surface area contributed by atoms with Gasteiger partial charge in [0.15, 0.2) is 0 Å². The Morgan fingerprint density at radius 2 is 1.43 bits per heavy atom. The molecule has 4 heteroatoms. The van der Waals surface area contributed by atoms with Crippen LogP contribution in [-0.4, -0.2) is 25.1 Å². The fraction of sp³-hybridized carbons (Fsp3) is 0.269. The molecule has 0 saturated heterocycles. The molecule has 30 heavy (non-hydrogen) atoms. The standard InChI is InChI=1S/C26H29NO3/c1-20(22-12-8-5-9-13-22)27(19-21-10-6-4-7-11-21)25(18-26(28)30-3)23-14-16-24(29-2)17-15-23/h4-17,20,25H,18-19H2,1-3H3. The number of rotatable bonds is 9. The van der Waals surface area contributed by atoms with Gasteiger partial charge in [0.25, 0.3) is 0 Å². The Labute approximate surface area is 179 Å². The summed E-state index contributed by atoms with van der Waals surface area (Å²) in [5.74, 6) is 0.565. The molecule has 0 spiro atoms. The van der Waals surface area contributed by atoms with Crippen LogP contribution in [0.3, 0.4) is 0 Å². The maximum absolute atomic E-state index is 12.4. The van der Waals surface area contributed by atoms with Crippen LogP contribution in [0.1, 0.15) is 42.1 Å². The zero-order chi connectivity index (χ0) is 21.3. The average Bonchev–Trinajstić information content (AvgIpc) is 2.82. The molecule has 156 valence electrons. The zero-order valence-corrected chi connectivity index (χ0v) is 17.8. The highest BCUT2D eigenvalue weighted by atomic mass is 16.5. The van der Waals surface area contributed by atoms with Crippen molar-refractivity contribution in [1.82, 2.24) is 4.90 Å². The van der Waals surface area contributed by atoms with Gasteiger partial charge in [-0.2, -0.15) is 0 Å². The van der Waals surface area contributed by atoms with Crippen LogP contribution < -0.4 is 4.74 Å². The highest BCUT2D eigenvalue weighted by Crippen LogP contribution is 2.35. The molecule has 3 aromatic rings. The number of carbonyl (C=O) groups is 1. The minimum atomic E-state index is -0.228. The zero-order valence-electron chi connectivity index (χ0n) is 17.8. The van der Waals surface area contributed by atoms with Crippen molar-refractivity contribution in [2.45, 2.75) is 32.0 Å². The summed E-state index contributed by atoms with van der Waals surface area (Å²) in [6.45, 7) is 2.90. The van der Waals surface area contributed by atoms with Crippen LogP contribution in [0.4, 0.5) is 0 Å². The predicted molar refractivity (Wildman–Crippen MR) is 119 cm³/mol. The van der Waals surface area contributed by atoms with Crippen molar-refractivity contribution < 1.29 is 14.3 Å². The summed E-state index contributed by atoms with van der Waals surface area (Å²) >= 11 is 0. The molecular formula is C26H29NO3. The first-order chi connectivity index (χ1) is 14.6. The van der Waals surface area contributed by atoms with Gasteiger partial charge in [-0.15, -0.1) is 0 Å². The highest BCUT2D eigenvalue weighted by Gasteiger charge is 2.28. The maximum Gasteiger partial charge on any atom is 0.307 e.